The minimum atomic E-state index is -0.109. The second kappa shape index (κ2) is 11.9. The molecule has 3 aromatic rings. The zero-order valence-electron chi connectivity index (χ0n) is 24.5. The summed E-state index contributed by atoms with van der Waals surface area (Å²) in [5.74, 6) is 1.70. The lowest BCUT2D eigenvalue weighted by Crippen LogP contribution is -2.50. The van der Waals surface area contributed by atoms with Gasteiger partial charge in [-0.05, 0) is 73.4 Å². The third-order valence-electron chi connectivity index (χ3n) is 9.20. The van der Waals surface area contributed by atoms with E-state index in [-0.39, 0.29) is 24.3 Å². The Kier molecular flexibility index (Phi) is 8.03. The normalized spacial score (nSPS) is 22.0. The van der Waals surface area contributed by atoms with Crippen molar-refractivity contribution in [3.8, 4) is 17.0 Å². The molecule has 2 unspecified atom stereocenters. The lowest BCUT2D eigenvalue weighted by molar-refractivity contribution is -0.133. The van der Waals surface area contributed by atoms with Crippen molar-refractivity contribution in [2.24, 2.45) is 17.8 Å². The number of rotatable bonds is 8. The van der Waals surface area contributed by atoms with E-state index >= 15 is 0 Å². The van der Waals surface area contributed by atoms with Crippen LogP contribution in [-0.4, -0.2) is 72.7 Å². The number of fused-ring (bicyclic) bond motifs is 2. The number of aldehydes is 1. The second-order valence-corrected chi connectivity index (χ2v) is 12.7. The summed E-state index contributed by atoms with van der Waals surface area (Å²) in [4.78, 5) is 47.5. The molecule has 0 N–H and O–H groups in total. The molecule has 220 valence electrons. The van der Waals surface area contributed by atoms with Gasteiger partial charge < -0.3 is 24.2 Å². The van der Waals surface area contributed by atoms with Gasteiger partial charge in [-0.1, -0.05) is 24.6 Å². The van der Waals surface area contributed by atoms with Gasteiger partial charge in [-0.15, -0.1) is 11.3 Å². The van der Waals surface area contributed by atoms with Crippen LogP contribution in [0.2, 0.25) is 0 Å². The van der Waals surface area contributed by atoms with Crippen molar-refractivity contribution < 1.29 is 19.1 Å². The van der Waals surface area contributed by atoms with Gasteiger partial charge in [-0.2, -0.15) is 0 Å². The number of benzene rings is 2. The fraction of sp³-hybridized carbons (Fsp3) is 0.455. The number of thiazole rings is 1. The van der Waals surface area contributed by atoms with Gasteiger partial charge in [-0.3, -0.25) is 9.59 Å². The van der Waals surface area contributed by atoms with E-state index in [1.807, 2.05) is 30.3 Å². The van der Waals surface area contributed by atoms with E-state index in [0.29, 0.717) is 37.1 Å². The lowest BCUT2D eigenvalue weighted by Gasteiger charge is -2.35. The zero-order valence-corrected chi connectivity index (χ0v) is 25.4. The number of anilines is 1. The molecule has 3 aliphatic rings. The maximum absolute atomic E-state index is 13.1. The van der Waals surface area contributed by atoms with Crippen molar-refractivity contribution in [2.45, 2.75) is 39.7 Å². The molecule has 6 rings (SSSR count). The van der Waals surface area contributed by atoms with Crippen LogP contribution in [-0.2, 0) is 22.6 Å². The van der Waals surface area contributed by atoms with Crippen molar-refractivity contribution in [3.05, 3.63) is 64.0 Å². The summed E-state index contributed by atoms with van der Waals surface area (Å²) < 4.78 is 6.41. The van der Waals surface area contributed by atoms with E-state index < -0.39 is 0 Å². The summed E-state index contributed by atoms with van der Waals surface area (Å²) in [6.07, 6.45) is 4.20. The molecule has 2 amide bonds. The second-order valence-electron chi connectivity index (χ2n) is 11.9. The van der Waals surface area contributed by atoms with Gasteiger partial charge in [0.25, 0.3) is 5.91 Å². The molecule has 2 bridgehead atoms. The Morgan fingerprint density at radius 1 is 1.10 bits per heavy atom. The third kappa shape index (κ3) is 5.54. The van der Waals surface area contributed by atoms with Crippen LogP contribution in [0.25, 0.3) is 11.3 Å². The Labute approximate surface area is 251 Å². The quantitative estimate of drug-likeness (QED) is 0.352. The van der Waals surface area contributed by atoms with Crippen LogP contribution in [0.5, 0.6) is 5.75 Å². The number of amides is 2. The maximum Gasteiger partial charge on any atom is 0.254 e. The fourth-order valence-electron chi connectivity index (χ4n) is 6.64. The van der Waals surface area contributed by atoms with Gasteiger partial charge in [0.1, 0.15) is 25.2 Å². The van der Waals surface area contributed by atoms with Crippen molar-refractivity contribution in [3.63, 3.8) is 0 Å². The van der Waals surface area contributed by atoms with Crippen molar-refractivity contribution in [1.82, 2.24) is 14.8 Å². The molecule has 0 spiro atoms. The molecule has 3 heterocycles. The fourth-order valence-corrected chi connectivity index (χ4v) is 7.49. The molecular formula is C33H38N4O4S. The predicted octanol–water partition coefficient (Wildman–Crippen LogP) is 4.84. The Bertz CT molecular complexity index is 1490. The summed E-state index contributed by atoms with van der Waals surface area (Å²) in [5, 5.41) is 3.11. The van der Waals surface area contributed by atoms with Crippen LogP contribution >= 0.6 is 11.3 Å². The highest BCUT2D eigenvalue weighted by atomic mass is 32.1. The number of carbonyl (C=O) groups is 3. The minimum absolute atomic E-state index is 0.0361. The standard InChI is InChI=1S/C33H38N4O4S/c1-4-22-14-23(32(40)36-12-11-35(3)31(39)17-36)6-9-26(22)19-41-30-10-5-21(2)13-27(30)29-20-42-33(34-29)37-15-24-7-8-25(16-37)28(24)18-38/h5-6,9-10,13-14,18,20,24-25,28H,4,7-8,11-12,15-17,19H2,1-3H3. The van der Waals surface area contributed by atoms with Gasteiger partial charge in [0.15, 0.2) is 5.13 Å². The first-order valence-corrected chi connectivity index (χ1v) is 15.8. The number of aromatic nitrogens is 1. The molecule has 1 aromatic heterocycles. The Balaban J connectivity index is 1.17. The zero-order chi connectivity index (χ0) is 29.4. The maximum atomic E-state index is 13.1. The molecule has 2 atom stereocenters. The first kappa shape index (κ1) is 28.4. The highest BCUT2D eigenvalue weighted by Crippen LogP contribution is 2.43. The molecule has 1 saturated carbocycles. The highest BCUT2D eigenvalue weighted by Gasteiger charge is 2.42. The third-order valence-corrected chi connectivity index (χ3v) is 10.1. The van der Waals surface area contributed by atoms with Gasteiger partial charge in [0.2, 0.25) is 5.91 Å². The molecule has 2 aliphatic heterocycles. The van der Waals surface area contributed by atoms with Gasteiger partial charge in [0, 0.05) is 55.7 Å². The first-order chi connectivity index (χ1) is 20.3. The SMILES string of the molecule is CCc1cc(C(=O)N2CCN(C)C(=O)C2)ccc1COc1ccc(C)cc1-c1csc(N2CC3CCC(C2)C3C=O)n1. The van der Waals surface area contributed by atoms with E-state index in [9.17, 15) is 14.4 Å². The number of nitrogens with zero attached hydrogens (tertiary/aromatic N) is 4. The summed E-state index contributed by atoms with van der Waals surface area (Å²) >= 11 is 1.65. The number of likely N-dealkylation sites (N-methyl/N-ethyl adjacent to an activating group) is 1. The summed E-state index contributed by atoms with van der Waals surface area (Å²) in [5.41, 5.74) is 5.69. The van der Waals surface area contributed by atoms with Crippen molar-refractivity contribution >= 4 is 34.6 Å². The number of hydrogen-bond donors (Lipinski definition) is 0. The molecule has 1 aliphatic carbocycles. The van der Waals surface area contributed by atoms with Gasteiger partial charge in [-0.25, -0.2) is 4.98 Å². The number of piperazine rings is 1. The average molecular weight is 587 g/mol. The van der Waals surface area contributed by atoms with Crippen LogP contribution in [0.15, 0.2) is 41.8 Å². The number of ether oxygens (including phenoxy) is 1. The Morgan fingerprint density at radius 3 is 2.60 bits per heavy atom. The molecule has 0 radical (unpaired) electrons. The summed E-state index contributed by atoms with van der Waals surface area (Å²) in [7, 11) is 1.77. The smallest absolute Gasteiger partial charge is 0.254 e. The number of hydrogen-bond acceptors (Lipinski definition) is 7. The monoisotopic (exact) mass is 586 g/mol. The highest BCUT2D eigenvalue weighted by molar-refractivity contribution is 7.14. The lowest BCUT2D eigenvalue weighted by atomic mass is 9.87. The molecule has 2 saturated heterocycles. The topological polar surface area (TPSA) is 83.1 Å². The van der Waals surface area contributed by atoms with Crippen LogP contribution in [0, 0.1) is 24.7 Å². The van der Waals surface area contributed by atoms with Crippen LogP contribution in [0.3, 0.4) is 0 Å². The van der Waals surface area contributed by atoms with E-state index in [0.717, 1.165) is 71.2 Å². The number of piperidine rings is 1. The minimum Gasteiger partial charge on any atom is -0.488 e. The molecule has 3 fully saturated rings. The van der Waals surface area contributed by atoms with Crippen molar-refractivity contribution in [1.29, 1.82) is 0 Å². The van der Waals surface area contributed by atoms with E-state index in [2.05, 4.69) is 30.2 Å². The van der Waals surface area contributed by atoms with Gasteiger partial charge >= 0.3 is 0 Å². The van der Waals surface area contributed by atoms with E-state index in [4.69, 9.17) is 9.72 Å². The molecule has 8 nitrogen and oxygen atoms in total. The molecule has 2 aromatic carbocycles. The van der Waals surface area contributed by atoms with Gasteiger partial charge in [0.05, 0.1) is 5.69 Å². The Morgan fingerprint density at radius 2 is 1.88 bits per heavy atom. The first-order valence-electron chi connectivity index (χ1n) is 14.9. The van der Waals surface area contributed by atoms with Crippen molar-refractivity contribution in [2.75, 3.05) is 44.7 Å². The van der Waals surface area contributed by atoms with Crippen LogP contribution in [0.4, 0.5) is 5.13 Å². The summed E-state index contributed by atoms with van der Waals surface area (Å²) in [6, 6.07) is 11.9. The number of aryl methyl sites for hydroxylation is 2. The molecule has 9 heteroatoms. The molecule has 42 heavy (non-hydrogen) atoms. The summed E-state index contributed by atoms with van der Waals surface area (Å²) in [6.45, 7) is 7.53. The average Bonchev–Trinajstić information content (AvgIpc) is 3.59. The van der Waals surface area contributed by atoms with Crippen LogP contribution in [0.1, 0.15) is 46.8 Å². The van der Waals surface area contributed by atoms with E-state index in [1.54, 1.807) is 28.2 Å². The molecular weight excluding hydrogens is 548 g/mol. The largest absolute Gasteiger partial charge is 0.488 e. The van der Waals surface area contributed by atoms with E-state index in [1.165, 1.54) is 6.29 Å². The number of carbonyl (C=O) groups excluding carboxylic acids is 3. The Hall–Kier alpha value is -3.72. The predicted molar refractivity (Wildman–Crippen MR) is 164 cm³/mol. The van der Waals surface area contributed by atoms with Crippen LogP contribution < -0.4 is 9.64 Å².